The third kappa shape index (κ3) is 2.16. The van der Waals surface area contributed by atoms with E-state index in [-0.39, 0.29) is 5.82 Å². The summed E-state index contributed by atoms with van der Waals surface area (Å²) in [5, 5.41) is 3.11. The number of rotatable bonds is 2. The van der Waals surface area contributed by atoms with Gasteiger partial charge in [0.05, 0.1) is 10.7 Å². The summed E-state index contributed by atoms with van der Waals surface area (Å²) >= 11 is 1.64. The molecule has 0 aliphatic carbocycles. The number of hydrogen-bond donors (Lipinski definition) is 0. The SMILES string of the molecule is Cc1nc(-c2cc(C)n(-c3cccc(F)c3)c2C)cs1. The average Bonchev–Trinajstić information content (AvgIpc) is 2.93. The Balaban J connectivity index is 2.16. The normalized spacial score (nSPS) is 11.0. The minimum atomic E-state index is -0.221. The van der Waals surface area contributed by atoms with Gasteiger partial charge in [-0.15, -0.1) is 11.3 Å². The molecular formula is C16H15FN2S. The third-order valence-corrected chi connectivity index (χ3v) is 4.17. The van der Waals surface area contributed by atoms with E-state index >= 15 is 0 Å². The first kappa shape index (κ1) is 13.1. The van der Waals surface area contributed by atoms with Crippen LogP contribution in [0.15, 0.2) is 35.7 Å². The summed E-state index contributed by atoms with van der Waals surface area (Å²) in [6.45, 7) is 6.07. The number of benzene rings is 1. The van der Waals surface area contributed by atoms with E-state index in [4.69, 9.17) is 0 Å². The summed E-state index contributed by atoms with van der Waals surface area (Å²) in [4.78, 5) is 4.54. The van der Waals surface area contributed by atoms with Crippen molar-refractivity contribution in [2.45, 2.75) is 20.8 Å². The Bertz CT molecular complexity index is 771. The molecule has 3 aromatic rings. The van der Waals surface area contributed by atoms with Crippen molar-refractivity contribution >= 4 is 11.3 Å². The zero-order valence-electron chi connectivity index (χ0n) is 11.6. The van der Waals surface area contributed by atoms with Crippen LogP contribution in [-0.2, 0) is 0 Å². The Labute approximate surface area is 121 Å². The molecule has 4 heteroatoms. The quantitative estimate of drug-likeness (QED) is 0.669. The second-order valence-corrected chi connectivity index (χ2v) is 5.91. The van der Waals surface area contributed by atoms with Crippen LogP contribution in [0.1, 0.15) is 16.4 Å². The van der Waals surface area contributed by atoms with Gasteiger partial charge in [-0.1, -0.05) is 6.07 Å². The average molecular weight is 286 g/mol. The molecule has 2 heterocycles. The molecule has 102 valence electrons. The predicted molar refractivity (Wildman–Crippen MR) is 81.0 cm³/mol. The first-order valence-corrected chi connectivity index (χ1v) is 7.31. The monoisotopic (exact) mass is 286 g/mol. The van der Waals surface area contributed by atoms with Gasteiger partial charge in [-0.25, -0.2) is 9.37 Å². The van der Waals surface area contributed by atoms with Crippen LogP contribution in [0.5, 0.6) is 0 Å². The van der Waals surface area contributed by atoms with Crippen molar-refractivity contribution in [1.29, 1.82) is 0 Å². The highest BCUT2D eigenvalue weighted by Crippen LogP contribution is 2.30. The van der Waals surface area contributed by atoms with E-state index in [2.05, 4.69) is 21.0 Å². The van der Waals surface area contributed by atoms with Gasteiger partial charge < -0.3 is 4.57 Å². The van der Waals surface area contributed by atoms with Crippen molar-refractivity contribution in [2.24, 2.45) is 0 Å². The van der Waals surface area contributed by atoms with Gasteiger partial charge in [0.15, 0.2) is 0 Å². The Morgan fingerprint density at radius 2 is 1.95 bits per heavy atom. The number of aromatic nitrogens is 2. The van der Waals surface area contributed by atoms with E-state index in [1.807, 2.05) is 26.8 Å². The van der Waals surface area contributed by atoms with Crippen molar-refractivity contribution in [2.75, 3.05) is 0 Å². The molecule has 1 aromatic carbocycles. The fourth-order valence-electron chi connectivity index (χ4n) is 2.52. The Morgan fingerprint density at radius 1 is 1.15 bits per heavy atom. The molecule has 2 nitrogen and oxygen atoms in total. The molecule has 0 bridgehead atoms. The van der Waals surface area contributed by atoms with E-state index in [0.717, 1.165) is 33.3 Å². The van der Waals surface area contributed by atoms with Crippen LogP contribution in [0, 0.1) is 26.6 Å². The minimum Gasteiger partial charge on any atom is -0.318 e. The molecule has 2 aromatic heterocycles. The molecule has 0 aliphatic heterocycles. The summed E-state index contributed by atoms with van der Waals surface area (Å²) in [7, 11) is 0. The lowest BCUT2D eigenvalue weighted by Crippen LogP contribution is -1.99. The maximum atomic E-state index is 13.4. The zero-order valence-corrected chi connectivity index (χ0v) is 12.5. The zero-order chi connectivity index (χ0) is 14.3. The van der Waals surface area contributed by atoms with Crippen molar-refractivity contribution in [3.05, 3.63) is 57.9 Å². The summed E-state index contributed by atoms with van der Waals surface area (Å²) in [6, 6.07) is 8.77. The van der Waals surface area contributed by atoms with E-state index in [1.165, 1.54) is 6.07 Å². The van der Waals surface area contributed by atoms with Crippen LogP contribution in [0.2, 0.25) is 0 Å². The van der Waals surface area contributed by atoms with E-state index in [9.17, 15) is 4.39 Å². The van der Waals surface area contributed by atoms with E-state index in [1.54, 1.807) is 23.5 Å². The third-order valence-electron chi connectivity index (χ3n) is 3.39. The summed E-state index contributed by atoms with van der Waals surface area (Å²) in [5.74, 6) is -0.221. The van der Waals surface area contributed by atoms with Crippen molar-refractivity contribution in [3.8, 4) is 16.9 Å². The summed E-state index contributed by atoms with van der Waals surface area (Å²) in [5.41, 5.74) is 5.10. The molecule has 0 unspecified atom stereocenters. The summed E-state index contributed by atoms with van der Waals surface area (Å²) in [6.07, 6.45) is 0. The minimum absolute atomic E-state index is 0.221. The maximum Gasteiger partial charge on any atom is 0.125 e. The Morgan fingerprint density at radius 3 is 2.60 bits per heavy atom. The molecule has 0 radical (unpaired) electrons. The van der Waals surface area contributed by atoms with Gasteiger partial charge in [0.25, 0.3) is 0 Å². The molecule has 0 atom stereocenters. The van der Waals surface area contributed by atoms with Crippen LogP contribution in [-0.4, -0.2) is 9.55 Å². The maximum absolute atomic E-state index is 13.4. The molecule has 0 spiro atoms. The van der Waals surface area contributed by atoms with Crippen molar-refractivity contribution < 1.29 is 4.39 Å². The van der Waals surface area contributed by atoms with Crippen LogP contribution in [0.3, 0.4) is 0 Å². The van der Waals surface area contributed by atoms with Gasteiger partial charge in [-0.3, -0.25) is 0 Å². The smallest absolute Gasteiger partial charge is 0.125 e. The van der Waals surface area contributed by atoms with Gasteiger partial charge >= 0.3 is 0 Å². The lowest BCUT2D eigenvalue weighted by molar-refractivity contribution is 0.626. The van der Waals surface area contributed by atoms with Gasteiger partial charge in [0, 0.05) is 28.0 Å². The molecular weight excluding hydrogens is 271 g/mol. The largest absolute Gasteiger partial charge is 0.318 e. The number of nitrogens with zero attached hydrogens (tertiary/aromatic N) is 2. The molecule has 0 saturated heterocycles. The molecule has 0 amide bonds. The first-order chi connectivity index (χ1) is 9.56. The number of thiazole rings is 1. The van der Waals surface area contributed by atoms with Crippen LogP contribution < -0.4 is 0 Å². The number of aryl methyl sites for hydroxylation is 2. The first-order valence-electron chi connectivity index (χ1n) is 6.43. The van der Waals surface area contributed by atoms with Crippen LogP contribution >= 0.6 is 11.3 Å². The lowest BCUT2D eigenvalue weighted by Gasteiger charge is -2.09. The fourth-order valence-corrected chi connectivity index (χ4v) is 3.13. The standard InChI is InChI=1S/C16H15FN2S/c1-10-7-15(16-9-20-12(3)18-16)11(2)19(10)14-6-4-5-13(17)8-14/h4-9H,1-3H3. The molecule has 0 saturated carbocycles. The highest BCUT2D eigenvalue weighted by molar-refractivity contribution is 7.09. The molecule has 20 heavy (non-hydrogen) atoms. The van der Waals surface area contributed by atoms with Crippen molar-refractivity contribution in [3.63, 3.8) is 0 Å². The van der Waals surface area contributed by atoms with Crippen molar-refractivity contribution in [1.82, 2.24) is 9.55 Å². The highest BCUT2D eigenvalue weighted by atomic mass is 32.1. The second-order valence-electron chi connectivity index (χ2n) is 4.85. The van der Waals surface area contributed by atoms with Gasteiger partial charge in [-0.2, -0.15) is 0 Å². The van der Waals surface area contributed by atoms with Gasteiger partial charge in [-0.05, 0) is 45.0 Å². The highest BCUT2D eigenvalue weighted by Gasteiger charge is 2.14. The molecule has 0 aliphatic rings. The summed E-state index contributed by atoms with van der Waals surface area (Å²) < 4.78 is 15.5. The fraction of sp³-hybridized carbons (Fsp3) is 0.188. The second kappa shape index (κ2) is 4.87. The molecule has 0 N–H and O–H groups in total. The number of hydrogen-bond acceptors (Lipinski definition) is 2. The lowest BCUT2D eigenvalue weighted by atomic mass is 10.2. The van der Waals surface area contributed by atoms with Crippen LogP contribution in [0.25, 0.3) is 16.9 Å². The predicted octanol–water partition coefficient (Wildman–Crippen LogP) is 4.67. The van der Waals surface area contributed by atoms with Crippen LogP contribution in [0.4, 0.5) is 4.39 Å². The van der Waals surface area contributed by atoms with E-state index in [0.29, 0.717) is 0 Å². The molecule has 0 fully saturated rings. The molecule has 3 rings (SSSR count). The number of halogens is 1. The van der Waals surface area contributed by atoms with Gasteiger partial charge in [0.2, 0.25) is 0 Å². The van der Waals surface area contributed by atoms with Gasteiger partial charge in [0.1, 0.15) is 5.82 Å². The van der Waals surface area contributed by atoms with E-state index < -0.39 is 0 Å². The topological polar surface area (TPSA) is 17.8 Å². The Kier molecular flexibility index (Phi) is 3.18. The Hall–Kier alpha value is -1.94.